The number of carbonyl (C=O) groups excluding carboxylic acids is 1. The number of aliphatic hydroxyl groups excluding tert-OH is 2. The Morgan fingerprint density at radius 1 is 1.02 bits per heavy atom. The molecule has 0 radical (unpaired) electrons. The monoisotopic (exact) mass is 674 g/mol. The fourth-order valence-electron chi connectivity index (χ4n) is 5.60. The van der Waals surface area contributed by atoms with Crippen LogP contribution in [0.1, 0.15) is 47.0 Å². The molecule has 266 valence electrons. The molecule has 2 saturated heterocycles. The predicted octanol–water partition coefficient (Wildman–Crippen LogP) is -3.82. The van der Waals surface area contributed by atoms with Crippen LogP contribution < -0.4 is 32.7 Å². The van der Waals surface area contributed by atoms with Crippen molar-refractivity contribution in [1.82, 2.24) is 21.3 Å². The van der Waals surface area contributed by atoms with Gasteiger partial charge in [0.15, 0.2) is 12.6 Å². The molecule has 1 aliphatic carbocycles. The third-order valence-corrected chi connectivity index (χ3v) is 7.80. The maximum absolute atomic E-state index is 12.8. The van der Waals surface area contributed by atoms with E-state index in [1.807, 2.05) is 27.8 Å². The normalized spacial score (nSPS) is 39.4. The topological polar surface area (TPSA) is 289 Å². The Balaban J connectivity index is 0.00000130. The summed E-state index contributed by atoms with van der Waals surface area (Å²) in [4.78, 5) is 12.8. The average Bonchev–Trinajstić information content (AvgIpc) is 2.89. The molecule has 3 fully saturated rings. The van der Waals surface area contributed by atoms with Crippen LogP contribution in [0.5, 0.6) is 0 Å². The van der Waals surface area contributed by atoms with Crippen molar-refractivity contribution in [3.05, 3.63) is 0 Å². The van der Waals surface area contributed by atoms with Crippen molar-refractivity contribution in [2.24, 2.45) is 11.5 Å². The van der Waals surface area contributed by atoms with E-state index in [4.69, 9.17) is 47.9 Å². The first-order chi connectivity index (χ1) is 20.7. The van der Waals surface area contributed by atoms with Crippen LogP contribution in [0.15, 0.2) is 0 Å². The lowest BCUT2D eigenvalue weighted by Crippen LogP contribution is -2.69. The Labute approximate surface area is 264 Å². The van der Waals surface area contributed by atoms with Crippen LogP contribution in [0, 0.1) is 0 Å². The number of hydrogen-bond donors (Lipinski definition) is 11. The first-order valence-corrected chi connectivity index (χ1v) is 16.3. The van der Waals surface area contributed by atoms with Crippen LogP contribution in [-0.2, 0) is 34.1 Å². The SMILES string of the molecule is CNCC1CCC(N)C(OC2C(N)CC(NC(=O)CNC(C)(C)C)C(OC3OCC(C)(O)C(NC)C3O)C2O)O1.O=S(=O)(O)O. The van der Waals surface area contributed by atoms with Gasteiger partial charge in [0.05, 0.1) is 37.4 Å². The first kappa shape index (κ1) is 40.0. The number of hydrogen-bond acceptors (Lipinski definition) is 15. The summed E-state index contributed by atoms with van der Waals surface area (Å²) in [7, 11) is -1.22. The maximum Gasteiger partial charge on any atom is 0.394 e. The fourth-order valence-corrected chi connectivity index (χ4v) is 5.60. The standard InChI is InChI=1S/C26H52N6O8.H2O4S/c1-25(2,3)31-11-17(33)32-16-9-15(28)20(39-23-14(27)8-7-13(38-23)10-29-5)18(34)21(16)40-24-19(35)22(30-6)26(4,36)12-37-24;1-5(2,3)4/h13-16,18-24,29-31,34-36H,7-12,27-28H2,1-6H3,(H,32,33);(H2,1,2,3,4). The summed E-state index contributed by atoms with van der Waals surface area (Å²) in [5, 5.41) is 45.2. The van der Waals surface area contributed by atoms with Crippen LogP contribution in [0.25, 0.3) is 0 Å². The second-order valence-electron chi connectivity index (χ2n) is 13.0. The molecule has 3 aliphatic rings. The molecule has 0 aromatic heterocycles. The molecule has 1 saturated carbocycles. The largest absolute Gasteiger partial charge is 0.394 e. The first-order valence-electron chi connectivity index (χ1n) is 14.9. The van der Waals surface area contributed by atoms with E-state index in [2.05, 4.69) is 21.3 Å². The molecule has 0 spiro atoms. The molecule has 12 unspecified atom stereocenters. The number of nitrogens with one attached hydrogen (secondary N) is 4. The van der Waals surface area contributed by atoms with Gasteiger partial charge in [-0.1, -0.05) is 0 Å². The summed E-state index contributed by atoms with van der Waals surface area (Å²) in [6.45, 7) is 7.94. The highest BCUT2D eigenvalue weighted by atomic mass is 32.3. The summed E-state index contributed by atoms with van der Waals surface area (Å²) in [6.07, 6.45) is -5.00. The van der Waals surface area contributed by atoms with E-state index in [1.165, 1.54) is 0 Å². The van der Waals surface area contributed by atoms with Crippen molar-refractivity contribution in [2.75, 3.05) is 33.8 Å². The fraction of sp³-hybridized carbons (Fsp3) is 0.962. The zero-order valence-corrected chi connectivity index (χ0v) is 27.6. The van der Waals surface area contributed by atoms with Gasteiger partial charge in [-0.05, 0) is 61.1 Å². The summed E-state index contributed by atoms with van der Waals surface area (Å²) >= 11 is 0. The molecule has 19 heteroatoms. The Morgan fingerprint density at radius 3 is 2.18 bits per heavy atom. The van der Waals surface area contributed by atoms with E-state index in [-0.39, 0.29) is 37.1 Å². The molecule has 45 heavy (non-hydrogen) atoms. The predicted molar refractivity (Wildman–Crippen MR) is 161 cm³/mol. The van der Waals surface area contributed by atoms with E-state index < -0.39 is 77.2 Å². The van der Waals surface area contributed by atoms with Crippen molar-refractivity contribution >= 4 is 16.3 Å². The molecule has 3 rings (SSSR count). The van der Waals surface area contributed by atoms with Gasteiger partial charge in [0.25, 0.3) is 0 Å². The van der Waals surface area contributed by atoms with Crippen LogP contribution in [-0.4, -0.2) is 151 Å². The van der Waals surface area contributed by atoms with Gasteiger partial charge in [-0.2, -0.15) is 8.42 Å². The highest BCUT2D eigenvalue weighted by Crippen LogP contribution is 2.32. The van der Waals surface area contributed by atoms with Crippen LogP contribution in [0.3, 0.4) is 0 Å². The molecule has 0 aromatic carbocycles. The number of aliphatic hydroxyl groups is 3. The van der Waals surface area contributed by atoms with Crippen molar-refractivity contribution in [1.29, 1.82) is 0 Å². The van der Waals surface area contributed by atoms with Gasteiger partial charge in [-0.25, -0.2) is 0 Å². The van der Waals surface area contributed by atoms with E-state index in [1.54, 1.807) is 14.0 Å². The van der Waals surface area contributed by atoms with Crippen molar-refractivity contribution < 1.29 is 56.6 Å². The van der Waals surface area contributed by atoms with Gasteiger partial charge in [0, 0.05) is 18.1 Å². The van der Waals surface area contributed by atoms with Gasteiger partial charge in [0.2, 0.25) is 5.91 Å². The van der Waals surface area contributed by atoms with E-state index in [9.17, 15) is 20.1 Å². The quantitative estimate of drug-likeness (QED) is 0.0990. The Bertz CT molecular complexity index is 1030. The molecule has 0 bridgehead atoms. The maximum atomic E-state index is 12.8. The second kappa shape index (κ2) is 16.8. The number of rotatable bonds is 10. The number of amides is 1. The number of carbonyl (C=O) groups is 1. The number of nitrogens with two attached hydrogens (primary N) is 2. The lowest BCUT2D eigenvalue weighted by molar-refractivity contribution is -0.307. The summed E-state index contributed by atoms with van der Waals surface area (Å²) < 4.78 is 55.7. The van der Waals surface area contributed by atoms with Crippen molar-refractivity contribution in [3.63, 3.8) is 0 Å². The lowest BCUT2D eigenvalue weighted by Gasteiger charge is -2.49. The molecule has 12 atom stereocenters. The molecular weight excluding hydrogens is 620 g/mol. The van der Waals surface area contributed by atoms with Crippen molar-refractivity contribution in [3.8, 4) is 0 Å². The van der Waals surface area contributed by atoms with Gasteiger partial charge in [-0.15, -0.1) is 0 Å². The number of likely N-dealkylation sites (N-methyl/N-ethyl adjacent to an activating group) is 2. The van der Waals surface area contributed by atoms with Gasteiger partial charge >= 0.3 is 10.4 Å². The molecule has 2 heterocycles. The van der Waals surface area contributed by atoms with Crippen LogP contribution in [0.2, 0.25) is 0 Å². The average molecular weight is 675 g/mol. The molecular formula is C26H54N6O12S. The highest BCUT2D eigenvalue weighted by Gasteiger charge is 2.51. The third kappa shape index (κ3) is 12.8. The number of ether oxygens (including phenoxy) is 4. The molecule has 18 nitrogen and oxygen atoms in total. The molecule has 2 aliphatic heterocycles. The van der Waals surface area contributed by atoms with Gasteiger partial charge < -0.3 is 67.0 Å². The minimum atomic E-state index is -4.67. The second-order valence-corrected chi connectivity index (χ2v) is 13.9. The molecule has 0 aromatic rings. The third-order valence-electron chi connectivity index (χ3n) is 7.80. The molecule has 13 N–H and O–H groups in total. The minimum absolute atomic E-state index is 0.0445. The van der Waals surface area contributed by atoms with E-state index >= 15 is 0 Å². The summed E-state index contributed by atoms with van der Waals surface area (Å²) in [5.41, 5.74) is 11.2. The zero-order chi connectivity index (χ0) is 34.3. The smallest absolute Gasteiger partial charge is 0.388 e. The van der Waals surface area contributed by atoms with Gasteiger partial charge in [-0.3, -0.25) is 13.9 Å². The Hall–Kier alpha value is -1.14. The Kier molecular flexibility index (Phi) is 14.9. The van der Waals surface area contributed by atoms with Crippen LogP contribution in [0.4, 0.5) is 0 Å². The lowest BCUT2D eigenvalue weighted by atomic mass is 9.83. The van der Waals surface area contributed by atoms with E-state index in [0.29, 0.717) is 13.0 Å². The van der Waals surface area contributed by atoms with Gasteiger partial charge in [0.1, 0.15) is 30.0 Å². The molecule has 1 amide bonds. The van der Waals surface area contributed by atoms with Crippen LogP contribution >= 0.6 is 0 Å². The zero-order valence-electron chi connectivity index (χ0n) is 26.8. The van der Waals surface area contributed by atoms with E-state index in [0.717, 1.165) is 6.42 Å². The summed E-state index contributed by atoms with van der Waals surface area (Å²) in [5.74, 6) is -0.305. The Morgan fingerprint density at radius 2 is 1.62 bits per heavy atom. The minimum Gasteiger partial charge on any atom is -0.388 e. The summed E-state index contributed by atoms with van der Waals surface area (Å²) in [6, 6.07) is -2.57. The highest BCUT2D eigenvalue weighted by molar-refractivity contribution is 7.79. The van der Waals surface area contributed by atoms with Crippen molar-refractivity contribution in [2.45, 2.75) is 125 Å².